The zero-order valence-corrected chi connectivity index (χ0v) is 41.1. The lowest BCUT2D eigenvalue weighted by Gasteiger charge is -2.30. The molecular formula is C45H69N9O17. The Morgan fingerprint density at radius 3 is 1.45 bits per heavy atom. The van der Waals surface area contributed by atoms with Crippen molar-refractivity contribution in [2.45, 2.75) is 149 Å². The number of carboxylic acid groups (broad SMARTS) is 3. The van der Waals surface area contributed by atoms with Crippen molar-refractivity contribution in [3.05, 3.63) is 29.8 Å². The molecule has 14 N–H and O–H groups in total. The average molecular weight is 1010 g/mol. The van der Waals surface area contributed by atoms with E-state index in [1.54, 1.807) is 32.9 Å². The molecular weight excluding hydrogens is 939 g/mol. The summed E-state index contributed by atoms with van der Waals surface area (Å²) >= 11 is 0. The number of benzene rings is 1. The Labute approximate surface area is 410 Å². The minimum atomic E-state index is -1.97. The Balaban J connectivity index is 3.15. The van der Waals surface area contributed by atoms with E-state index in [0.717, 1.165) is 6.92 Å². The number of aromatic hydroxyl groups is 1. The molecule has 9 amide bonds. The molecule has 0 saturated heterocycles. The molecule has 0 heterocycles. The molecule has 10 atom stereocenters. The highest BCUT2D eigenvalue weighted by atomic mass is 16.4. The van der Waals surface area contributed by atoms with Crippen molar-refractivity contribution in [1.29, 1.82) is 0 Å². The van der Waals surface area contributed by atoms with E-state index in [2.05, 4.69) is 47.9 Å². The lowest BCUT2D eigenvalue weighted by atomic mass is 9.95. The number of hydrogen-bond acceptors (Lipinski definition) is 14. The molecule has 0 saturated carbocycles. The molecule has 0 bridgehead atoms. The normalized spacial score (nSPS) is 15.3. The maximum absolute atomic E-state index is 13.8. The minimum Gasteiger partial charge on any atom is -0.508 e. The summed E-state index contributed by atoms with van der Waals surface area (Å²) in [6.45, 7) is 12.4. The molecule has 0 spiro atoms. The molecule has 26 nitrogen and oxygen atoms in total. The van der Waals surface area contributed by atoms with Crippen molar-refractivity contribution < 1.29 is 83.1 Å². The lowest BCUT2D eigenvalue weighted by Crippen LogP contribution is -2.62. The maximum Gasteiger partial charge on any atom is 0.326 e. The minimum absolute atomic E-state index is 0.00990. The highest BCUT2D eigenvalue weighted by Crippen LogP contribution is 2.14. The van der Waals surface area contributed by atoms with E-state index in [4.69, 9.17) is 0 Å². The molecule has 0 aliphatic rings. The van der Waals surface area contributed by atoms with E-state index in [9.17, 15) is 83.1 Å². The van der Waals surface area contributed by atoms with Gasteiger partial charge in [-0.2, -0.15) is 0 Å². The summed E-state index contributed by atoms with van der Waals surface area (Å²) < 4.78 is 0. The third-order valence-electron chi connectivity index (χ3n) is 10.7. The summed E-state index contributed by atoms with van der Waals surface area (Å²) in [7, 11) is 0. The van der Waals surface area contributed by atoms with Crippen molar-refractivity contribution in [3.63, 3.8) is 0 Å². The van der Waals surface area contributed by atoms with Crippen LogP contribution in [0.4, 0.5) is 0 Å². The van der Waals surface area contributed by atoms with Crippen molar-refractivity contribution in [3.8, 4) is 5.75 Å². The number of nitrogens with one attached hydrogen (secondary N) is 9. The first-order chi connectivity index (χ1) is 33.0. The Bertz CT molecular complexity index is 2080. The molecule has 1 rings (SSSR count). The number of carboxylic acids is 3. The standard InChI is InChI=1S/C45H69N9O17/c1-10-22(6)36(43(68)50-30(18-34(61)62)40(65)49-29(17-33(59)60)41(66)51-31(45(70)71)15-20(2)3)54-42(67)35(21(4)5)53-44(69)37(24(8)55)52-32(58)19-46-38(63)23(7)47-39(64)28(48-25(9)56)16-26-11-13-27(57)14-12-26/h11-14,20-24,28-31,35-37,55,57H,10,15-19H2,1-9H3,(H,46,63)(H,47,64)(H,48,56)(H,49,65)(H,50,68)(H,51,66)(H,52,58)(H,53,69)(H,54,67)(H,59,60)(H,61,62)(H,70,71)/t22-,23+,24-,28+,29+,30+,31+,35+,36+,37+/m1/s1. The first-order valence-corrected chi connectivity index (χ1v) is 22.8. The summed E-state index contributed by atoms with van der Waals surface area (Å²) in [6.07, 6.45) is -3.57. The molecule has 0 fully saturated rings. The fourth-order valence-electron chi connectivity index (χ4n) is 6.64. The first kappa shape index (κ1) is 61.6. The van der Waals surface area contributed by atoms with Crippen LogP contribution in [0.25, 0.3) is 0 Å². The van der Waals surface area contributed by atoms with Gasteiger partial charge < -0.3 is 73.4 Å². The van der Waals surface area contributed by atoms with E-state index in [1.807, 2.05) is 0 Å². The molecule has 0 aliphatic heterocycles. The van der Waals surface area contributed by atoms with Gasteiger partial charge in [-0.25, -0.2) is 4.79 Å². The van der Waals surface area contributed by atoms with Gasteiger partial charge in [0.25, 0.3) is 0 Å². The number of amides is 9. The first-order valence-electron chi connectivity index (χ1n) is 22.8. The maximum atomic E-state index is 13.8. The second kappa shape index (κ2) is 29.6. The third kappa shape index (κ3) is 22.3. The molecule has 1 aromatic rings. The van der Waals surface area contributed by atoms with Gasteiger partial charge in [-0.3, -0.25) is 52.7 Å². The summed E-state index contributed by atoms with van der Waals surface area (Å²) in [5.74, 6) is -15.1. The van der Waals surface area contributed by atoms with Gasteiger partial charge in [0, 0.05) is 13.3 Å². The Morgan fingerprint density at radius 1 is 0.535 bits per heavy atom. The summed E-state index contributed by atoms with van der Waals surface area (Å²) in [6, 6.07) is -6.53. The molecule has 26 heteroatoms. The molecule has 71 heavy (non-hydrogen) atoms. The number of carbonyl (C=O) groups excluding carboxylic acids is 9. The lowest BCUT2D eigenvalue weighted by molar-refractivity contribution is -0.145. The van der Waals surface area contributed by atoms with E-state index in [-0.39, 0.29) is 30.9 Å². The number of phenols is 1. The topological polar surface area (TPSA) is 414 Å². The van der Waals surface area contributed by atoms with Crippen LogP contribution in [0.1, 0.15) is 93.6 Å². The van der Waals surface area contributed by atoms with Gasteiger partial charge in [0.2, 0.25) is 53.2 Å². The second-order valence-electron chi connectivity index (χ2n) is 17.8. The molecule has 1 aromatic carbocycles. The number of aliphatic carboxylic acids is 3. The zero-order chi connectivity index (χ0) is 54.4. The molecule has 0 radical (unpaired) electrons. The van der Waals surface area contributed by atoms with Crippen LogP contribution in [-0.2, 0) is 64.0 Å². The van der Waals surface area contributed by atoms with Gasteiger partial charge in [0.1, 0.15) is 54.1 Å². The largest absolute Gasteiger partial charge is 0.508 e. The van der Waals surface area contributed by atoms with Crippen LogP contribution in [-0.4, -0.2) is 158 Å². The van der Waals surface area contributed by atoms with Gasteiger partial charge in [-0.15, -0.1) is 0 Å². The van der Waals surface area contributed by atoms with Gasteiger partial charge in [0.15, 0.2) is 0 Å². The molecule has 0 aliphatic carbocycles. The van der Waals surface area contributed by atoms with Gasteiger partial charge >= 0.3 is 17.9 Å². The van der Waals surface area contributed by atoms with Crippen LogP contribution >= 0.6 is 0 Å². The number of aliphatic hydroxyl groups is 1. The SMILES string of the molecule is CC[C@@H](C)[C@H](NC(=O)[C@@H](NC(=O)[C@@H](NC(=O)CNC(=O)[C@H](C)NC(=O)[C@H](Cc1ccc(O)cc1)NC(C)=O)[C@@H](C)O)C(C)C)C(=O)N[C@@H](CC(=O)O)C(=O)N[C@@H](CC(=O)O)C(=O)N[C@@H](CC(C)C)C(=O)O. The number of hydrogen-bond donors (Lipinski definition) is 14. The summed E-state index contributed by atoms with van der Waals surface area (Å²) in [5.41, 5.74) is 0.586. The quantitative estimate of drug-likeness (QED) is 0.0368. The summed E-state index contributed by atoms with van der Waals surface area (Å²) in [5, 5.41) is 69.5. The molecule has 396 valence electrons. The Hall–Kier alpha value is -7.38. The number of aliphatic hydroxyl groups excluding tert-OH is 1. The van der Waals surface area contributed by atoms with Crippen molar-refractivity contribution in [1.82, 2.24) is 47.9 Å². The van der Waals surface area contributed by atoms with E-state index >= 15 is 0 Å². The average Bonchev–Trinajstić information content (AvgIpc) is 3.26. The smallest absolute Gasteiger partial charge is 0.326 e. The fraction of sp³-hybridized carbons (Fsp3) is 0.600. The van der Waals surface area contributed by atoms with E-state index in [0.29, 0.717) is 5.56 Å². The Kier molecular flexibility index (Phi) is 25.7. The van der Waals surface area contributed by atoms with Crippen LogP contribution in [0.15, 0.2) is 24.3 Å². The van der Waals surface area contributed by atoms with Crippen LogP contribution < -0.4 is 47.9 Å². The van der Waals surface area contributed by atoms with Gasteiger partial charge in [-0.05, 0) is 55.7 Å². The van der Waals surface area contributed by atoms with E-state index < -0.39 is 157 Å². The van der Waals surface area contributed by atoms with E-state index in [1.165, 1.54) is 46.8 Å². The number of carbonyl (C=O) groups is 12. The van der Waals surface area contributed by atoms with Crippen molar-refractivity contribution in [2.75, 3.05) is 6.54 Å². The van der Waals surface area contributed by atoms with Gasteiger partial charge in [-0.1, -0.05) is 60.1 Å². The fourth-order valence-corrected chi connectivity index (χ4v) is 6.64. The second-order valence-corrected chi connectivity index (χ2v) is 17.8. The highest BCUT2D eigenvalue weighted by Gasteiger charge is 2.37. The van der Waals surface area contributed by atoms with Crippen molar-refractivity contribution >= 4 is 71.1 Å². The number of rotatable bonds is 30. The monoisotopic (exact) mass is 1010 g/mol. The molecule has 0 unspecified atom stereocenters. The van der Waals surface area contributed by atoms with Crippen LogP contribution in [0.5, 0.6) is 5.75 Å². The summed E-state index contributed by atoms with van der Waals surface area (Å²) in [4.78, 5) is 154. The van der Waals surface area contributed by atoms with Gasteiger partial charge in [0.05, 0.1) is 25.5 Å². The van der Waals surface area contributed by atoms with Crippen LogP contribution in [0, 0.1) is 17.8 Å². The highest BCUT2D eigenvalue weighted by molar-refractivity contribution is 5.99. The van der Waals surface area contributed by atoms with Crippen LogP contribution in [0.2, 0.25) is 0 Å². The predicted molar refractivity (Wildman–Crippen MR) is 249 cm³/mol. The predicted octanol–water partition coefficient (Wildman–Crippen LogP) is -2.87. The van der Waals surface area contributed by atoms with Crippen LogP contribution in [0.3, 0.4) is 0 Å². The van der Waals surface area contributed by atoms with Crippen molar-refractivity contribution in [2.24, 2.45) is 17.8 Å². The number of phenolic OH excluding ortho intramolecular Hbond substituents is 1. The Morgan fingerprint density at radius 2 is 1.00 bits per heavy atom. The molecule has 0 aromatic heterocycles. The zero-order valence-electron chi connectivity index (χ0n) is 41.1. The third-order valence-corrected chi connectivity index (χ3v) is 10.7.